The highest BCUT2D eigenvalue weighted by Gasteiger charge is 2.36. The van der Waals surface area contributed by atoms with Crippen molar-refractivity contribution in [2.24, 2.45) is 22.1 Å². The number of anilines is 1. The second-order valence-corrected chi connectivity index (χ2v) is 10.2. The third kappa shape index (κ3) is 4.74. The molecule has 182 valence electrons. The summed E-state index contributed by atoms with van der Waals surface area (Å²) in [6.07, 6.45) is 6.09. The molecule has 33 heavy (non-hydrogen) atoms. The second-order valence-electron chi connectivity index (χ2n) is 9.86. The first kappa shape index (κ1) is 24.3. The summed E-state index contributed by atoms with van der Waals surface area (Å²) in [5.74, 6) is 0.980. The Kier molecular flexibility index (Phi) is 7.26. The molecular formula is C23H36ClN7O2. The Morgan fingerprint density at radius 3 is 2.58 bits per heavy atom. The molecule has 2 fully saturated rings. The first-order valence-corrected chi connectivity index (χ1v) is 12.1. The summed E-state index contributed by atoms with van der Waals surface area (Å²) in [4.78, 5) is 18.6. The molecule has 0 spiro atoms. The van der Waals surface area contributed by atoms with E-state index in [1.807, 2.05) is 13.0 Å². The highest BCUT2D eigenvalue weighted by atomic mass is 35.5. The number of piperidine rings is 1. The van der Waals surface area contributed by atoms with Crippen LogP contribution < -0.4 is 10.6 Å². The van der Waals surface area contributed by atoms with Gasteiger partial charge in [-0.05, 0) is 50.5 Å². The molecule has 3 aliphatic rings. The Bertz CT molecular complexity index is 914. The summed E-state index contributed by atoms with van der Waals surface area (Å²) < 4.78 is 1.59. The molecule has 2 saturated heterocycles. The van der Waals surface area contributed by atoms with Crippen LogP contribution in [-0.4, -0.2) is 80.8 Å². The number of halogens is 1. The minimum Gasteiger partial charge on any atom is -0.396 e. The lowest BCUT2D eigenvalue weighted by Crippen LogP contribution is -2.47. The first-order chi connectivity index (χ1) is 15.8. The number of aliphatic hydroxyl groups excluding tert-OH is 2. The van der Waals surface area contributed by atoms with Crippen LogP contribution >= 0.6 is 11.8 Å². The van der Waals surface area contributed by atoms with Crippen LogP contribution in [0.4, 0.5) is 5.82 Å². The number of hydrogen-bond donors (Lipinski definition) is 3. The van der Waals surface area contributed by atoms with Crippen molar-refractivity contribution in [3.05, 3.63) is 23.2 Å². The van der Waals surface area contributed by atoms with Crippen LogP contribution in [0.3, 0.4) is 0 Å². The SMILES string of the molecule is Cc1nc(N2CCC(C)(C(C)N)CC2)c(CO)nc1C1=CC=NC(N2CCC(CO)C2)N1Cl. The fraction of sp³-hybridized carbons (Fsp3) is 0.696. The van der Waals surface area contributed by atoms with Gasteiger partial charge in [0.1, 0.15) is 11.4 Å². The van der Waals surface area contributed by atoms with Gasteiger partial charge in [0, 0.05) is 56.8 Å². The number of aryl methyl sites for hydroxylation is 1. The monoisotopic (exact) mass is 477 g/mol. The Morgan fingerprint density at radius 1 is 1.24 bits per heavy atom. The number of nitrogens with two attached hydrogens (primary N) is 1. The lowest BCUT2D eigenvalue weighted by atomic mass is 9.75. The molecule has 1 aromatic heterocycles. The summed E-state index contributed by atoms with van der Waals surface area (Å²) in [5, 5.41) is 19.6. The van der Waals surface area contributed by atoms with Crippen LogP contribution in [0.2, 0.25) is 0 Å². The third-order valence-corrected chi connectivity index (χ3v) is 7.96. The molecule has 0 radical (unpaired) electrons. The zero-order valence-corrected chi connectivity index (χ0v) is 20.5. The number of hydrogen-bond acceptors (Lipinski definition) is 9. The maximum atomic E-state index is 10.1. The summed E-state index contributed by atoms with van der Waals surface area (Å²) in [7, 11) is 0. The van der Waals surface area contributed by atoms with Crippen molar-refractivity contribution in [1.29, 1.82) is 0 Å². The van der Waals surface area contributed by atoms with Crippen molar-refractivity contribution in [3.63, 3.8) is 0 Å². The standard InChI is InChI=1S/C23H36ClN7O2/c1-15-20(19-4-8-26-22(31(19)24)30-9-5-17(12-30)13-32)28-18(14-33)21(27-15)29-10-6-23(3,7-11-29)16(2)25/h4,8,16-17,22,32-33H,5-7,9-14,25H2,1-3H3. The fourth-order valence-corrected chi connectivity index (χ4v) is 5.22. The van der Waals surface area contributed by atoms with E-state index in [1.165, 1.54) is 0 Å². The highest BCUT2D eigenvalue weighted by Crippen LogP contribution is 2.37. The van der Waals surface area contributed by atoms with E-state index in [-0.39, 0.29) is 36.9 Å². The molecule has 4 heterocycles. The predicted molar refractivity (Wildman–Crippen MR) is 131 cm³/mol. The van der Waals surface area contributed by atoms with Crippen LogP contribution in [-0.2, 0) is 6.61 Å². The number of allylic oxidation sites excluding steroid dienone is 1. The van der Waals surface area contributed by atoms with Gasteiger partial charge in [0.2, 0.25) is 0 Å². The molecule has 1 aromatic rings. The summed E-state index contributed by atoms with van der Waals surface area (Å²) >= 11 is 6.77. The fourth-order valence-electron chi connectivity index (χ4n) is 4.91. The zero-order chi connectivity index (χ0) is 23.8. The lowest BCUT2D eigenvalue weighted by Gasteiger charge is -2.42. The van der Waals surface area contributed by atoms with Gasteiger partial charge in [0.05, 0.1) is 18.0 Å². The van der Waals surface area contributed by atoms with Gasteiger partial charge in [-0.1, -0.05) is 6.92 Å². The molecule has 0 aromatic carbocycles. The van der Waals surface area contributed by atoms with Gasteiger partial charge in [-0.15, -0.1) is 0 Å². The van der Waals surface area contributed by atoms with Crippen molar-refractivity contribution in [2.75, 3.05) is 37.7 Å². The molecular weight excluding hydrogens is 442 g/mol. The largest absolute Gasteiger partial charge is 0.396 e. The Balaban J connectivity index is 1.56. The number of nitrogens with zero attached hydrogens (tertiary/aromatic N) is 6. The van der Waals surface area contributed by atoms with E-state index >= 15 is 0 Å². The van der Waals surface area contributed by atoms with Crippen molar-refractivity contribution in [3.8, 4) is 0 Å². The highest BCUT2D eigenvalue weighted by molar-refractivity contribution is 6.18. The molecule has 0 saturated carbocycles. The van der Waals surface area contributed by atoms with Gasteiger partial charge in [-0.25, -0.2) is 14.4 Å². The van der Waals surface area contributed by atoms with Crippen LogP contribution in [0.1, 0.15) is 50.2 Å². The maximum Gasteiger partial charge on any atom is 0.192 e. The van der Waals surface area contributed by atoms with Crippen LogP contribution in [0.15, 0.2) is 11.1 Å². The quantitative estimate of drug-likeness (QED) is 0.530. The Labute approximate surface area is 201 Å². The van der Waals surface area contributed by atoms with E-state index in [9.17, 15) is 10.2 Å². The number of rotatable bonds is 6. The van der Waals surface area contributed by atoms with Crippen LogP contribution in [0.25, 0.3) is 5.70 Å². The van der Waals surface area contributed by atoms with E-state index in [0.717, 1.165) is 57.0 Å². The first-order valence-electron chi connectivity index (χ1n) is 11.8. The number of aliphatic imine (C=N–C) groups is 1. The van der Waals surface area contributed by atoms with Gasteiger partial charge in [-0.3, -0.25) is 9.89 Å². The van der Waals surface area contributed by atoms with E-state index in [0.29, 0.717) is 17.1 Å². The Hall–Kier alpha value is -1.78. The third-order valence-electron chi connectivity index (χ3n) is 7.60. The van der Waals surface area contributed by atoms with Crippen LogP contribution in [0.5, 0.6) is 0 Å². The van der Waals surface area contributed by atoms with Gasteiger partial charge >= 0.3 is 0 Å². The van der Waals surface area contributed by atoms with E-state index < -0.39 is 0 Å². The lowest BCUT2D eigenvalue weighted by molar-refractivity contribution is 0.154. The normalized spacial score (nSPS) is 26.6. The summed E-state index contributed by atoms with van der Waals surface area (Å²) in [6, 6.07) is 0.137. The molecule has 0 amide bonds. The van der Waals surface area contributed by atoms with Crippen molar-refractivity contribution in [1.82, 2.24) is 19.3 Å². The maximum absolute atomic E-state index is 10.1. The number of likely N-dealkylation sites (tertiary alicyclic amines) is 1. The molecule has 10 heteroatoms. The van der Waals surface area contributed by atoms with Gasteiger partial charge in [-0.2, -0.15) is 0 Å². The number of aromatic nitrogens is 2. The average Bonchev–Trinajstić information content (AvgIpc) is 3.29. The van der Waals surface area contributed by atoms with Gasteiger partial charge in [0.15, 0.2) is 12.1 Å². The molecule has 0 bridgehead atoms. The van der Waals surface area contributed by atoms with Crippen molar-refractivity contribution >= 4 is 29.5 Å². The number of aliphatic hydroxyl groups is 2. The van der Waals surface area contributed by atoms with Crippen molar-refractivity contribution in [2.45, 2.75) is 59.0 Å². The van der Waals surface area contributed by atoms with Crippen molar-refractivity contribution < 1.29 is 10.2 Å². The van der Waals surface area contributed by atoms with Gasteiger partial charge in [0.25, 0.3) is 0 Å². The summed E-state index contributed by atoms with van der Waals surface area (Å²) in [6.45, 7) is 9.45. The molecule has 9 nitrogen and oxygen atoms in total. The summed E-state index contributed by atoms with van der Waals surface area (Å²) in [5.41, 5.74) is 8.98. The minimum absolute atomic E-state index is 0.114. The molecule has 3 atom stereocenters. The molecule has 4 N–H and O–H groups in total. The van der Waals surface area contributed by atoms with Gasteiger partial charge < -0.3 is 20.8 Å². The minimum atomic E-state index is -0.361. The molecule has 0 aliphatic carbocycles. The van der Waals surface area contributed by atoms with E-state index in [2.05, 4.69) is 28.6 Å². The zero-order valence-electron chi connectivity index (χ0n) is 19.8. The topological polar surface area (TPSA) is 114 Å². The smallest absolute Gasteiger partial charge is 0.192 e. The molecule has 4 rings (SSSR count). The molecule has 3 aliphatic heterocycles. The van der Waals surface area contributed by atoms with Crippen LogP contribution in [0, 0.1) is 18.3 Å². The average molecular weight is 478 g/mol. The Morgan fingerprint density at radius 2 is 1.97 bits per heavy atom. The van der Waals surface area contributed by atoms with E-state index in [4.69, 9.17) is 27.5 Å². The second kappa shape index (κ2) is 9.84. The predicted octanol–water partition coefficient (Wildman–Crippen LogP) is 1.71. The molecule has 3 unspecified atom stereocenters. The van der Waals surface area contributed by atoms with E-state index in [1.54, 1.807) is 10.6 Å².